The highest BCUT2D eigenvalue weighted by atomic mass is 19.1. The molecule has 1 heterocycles. The number of nitro groups is 1. The van der Waals surface area contributed by atoms with Crippen LogP contribution in [-0.2, 0) is 11.3 Å². The summed E-state index contributed by atoms with van der Waals surface area (Å²) in [7, 11) is 1.14. The lowest BCUT2D eigenvalue weighted by atomic mass is 9.98. The minimum absolute atomic E-state index is 0.0733. The van der Waals surface area contributed by atoms with Crippen molar-refractivity contribution in [2.24, 2.45) is 0 Å². The average Bonchev–Trinajstić information content (AvgIpc) is 2.72. The number of esters is 1. The van der Waals surface area contributed by atoms with Crippen LogP contribution in [0.4, 0.5) is 20.3 Å². The largest absolute Gasteiger partial charge is 0.465 e. The van der Waals surface area contributed by atoms with Gasteiger partial charge in [0.25, 0.3) is 5.69 Å². The number of hydrogen-bond acceptors (Lipinski definition) is 6. The van der Waals surface area contributed by atoms with Crippen LogP contribution in [-0.4, -0.2) is 23.0 Å². The van der Waals surface area contributed by atoms with Gasteiger partial charge in [0.15, 0.2) is 0 Å². The fourth-order valence-electron chi connectivity index (χ4n) is 2.72. The Morgan fingerprint density at radius 3 is 2.59 bits per heavy atom. The second kappa shape index (κ2) is 8.42. The number of rotatable bonds is 6. The highest BCUT2D eigenvalue weighted by Gasteiger charge is 2.19. The maximum atomic E-state index is 14.6. The topological polar surface area (TPSA) is 94.4 Å². The third kappa shape index (κ3) is 4.34. The molecule has 0 radical (unpaired) electrons. The minimum Gasteiger partial charge on any atom is -0.465 e. The molecule has 148 valence electrons. The zero-order valence-electron chi connectivity index (χ0n) is 15.2. The molecule has 0 spiro atoms. The number of methoxy groups -OCH3 is 1. The van der Waals surface area contributed by atoms with Crippen LogP contribution < -0.4 is 5.32 Å². The van der Waals surface area contributed by atoms with Crippen molar-refractivity contribution < 1.29 is 23.2 Å². The van der Waals surface area contributed by atoms with E-state index >= 15 is 0 Å². The molecule has 9 heteroatoms. The van der Waals surface area contributed by atoms with Crippen molar-refractivity contribution in [3.8, 4) is 11.1 Å². The normalized spacial score (nSPS) is 10.4. The third-order valence-corrected chi connectivity index (χ3v) is 4.19. The van der Waals surface area contributed by atoms with Crippen LogP contribution >= 0.6 is 0 Å². The molecule has 0 unspecified atom stereocenters. The number of benzene rings is 2. The summed E-state index contributed by atoms with van der Waals surface area (Å²) in [5, 5.41) is 13.5. The van der Waals surface area contributed by atoms with Gasteiger partial charge in [-0.25, -0.2) is 18.6 Å². The zero-order valence-corrected chi connectivity index (χ0v) is 15.2. The second-order valence-electron chi connectivity index (χ2n) is 5.97. The molecule has 3 aromatic rings. The molecule has 3 rings (SSSR count). The van der Waals surface area contributed by atoms with E-state index < -0.39 is 22.5 Å². The Hall–Kier alpha value is -3.88. The maximum absolute atomic E-state index is 14.6. The lowest BCUT2D eigenvalue weighted by Gasteiger charge is -2.11. The quantitative estimate of drug-likeness (QED) is 0.377. The molecule has 0 saturated carbocycles. The monoisotopic (exact) mass is 399 g/mol. The molecular weight excluding hydrogens is 384 g/mol. The molecule has 0 saturated heterocycles. The number of hydrogen-bond donors (Lipinski definition) is 1. The van der Waals surface area contributed by atoms with Crippen molar-refractivity contribution in [2.45, 2.75) is 6.54 Å². The molecule has 7 nitrogen and oxygen atoms in total. The first-order valence-corrected chi connectivity index (χ1v) is 8.40. The predicted octanol–water partition coefficient (Wildman–Crippen LogP) is 4.33. The van der Waals surface area contributed by atoms with Crippen LogP contribution in [0.3, 0.4) is 0 Å². The first-order chi connectivity index (χ1) is 13.9. The van der Waals surface area contributed by atoms with E-state index in [4.69, 9.17) is 0 Å². The Labute approximate surface area is 164 Å². The van der Waals surface area contributed by atoms with Gasteiger partial charge < -0.3 is 10.1 Å². The number of halogens is 2. The molecular formula is C20H15F2N3O4. The molecule has 0 fully saturated rings. The Kier molecular flexibility index (Phi) is 5.77. The van der Waals surface area contributed by atoms with Crippen molar-refractivity contribution in [1.29, 1.82) is 0 Å². The van der Waals surface area contributed by atoms with Crippen molar-refractivity contribution in [3.05, 3.63) is 87.6 Å². The maximum Gasteiger partial charge on any atom is 0.341 e. The number of pyridine rings is 1. The first-order valence-electron chi connectivity index (χ1n) is 8.40. The summed E-state index contributed by atoms with van der Waals surface area (Å²) < 4.78 is 33.3. The number of nitrogens with zero attached hydrogens (tertiary/aromatic N) is 2. The lowest BCUT2D eigenvalue weighted by Crippen LogP contribution is -2.07. The van der Waals surface area contributed by atoms with Crippen molar-refractivity contribution in [2.75, 3.05) is 12.4 Å². The molecule has 1 N–H and O–H groups in total. The Morgan fingerprint density at radius 1 is 1.17 bits per heavy atom. The number of anilines is 1. The van der Waals surface area contributed by atoms with E-state index in [1.54, 1.807) is 6.07 Å². The Balaban J connectivity index is 1.82. The third-order valence-electron chi connectivity index (χ3n) is 4.19. The second-order valence-corrected chi connectivity index (χ2v) is 5.97. The molecule has 0 bridgehead atoms. The Morgan fingerprint density at radius 2 is 1.97 bits per heavy atom. The number of aromatic nitrogens is 1. The first kappa shape index (κ1) is 19.9. The van der Waals surface area contributed by atoms with Gasteiger partial charge in [-0.15, -0.1) is 0 Å². The number of carbonyl (C=O) groups is 1. The lowest BCUT2D eigenvalue weighted by molar-refractivity contribution is -0.385. The van der Waals surface area contributed by atoms with Gasteiger partial charge >= 0.3 is 5.97 Å². The number of carbonyl (C=O) groups excluding carboxylic acids is 1. The molecule has 0 atom stereocenters. The number of ether oxygens (including phenoxy) is 1. The Bertz CT molecular complexity index is 1070. The molecule has 2 aromatic carbocycles. The van der Waals surface area contributed by atoms with E-state index in [-0.39, 0.29) is 23.4 Å². The van der Waals surface area contributed by atoms with Crippen molar-refractivity contribution in [1.82, 2.24) is 4.98 Å². The fraction of sp³-hybridized carbons (Fsp3) is 0.100. The van der Waals surface area contributed by atoms with Crippen LogP contribution in [0.25, 0.3) is 11.1 Å². The van der Waals surface area contributed by atoms with Crippen LogP contribution in [0.1, 0.15) is 15.9 Å². The van der Waals surface area contributed by atoms with E-state index in [9.17, 15) is 23.7 Å². The van der Waals surface area contributed by atoms with E-state index in [1.165, 1.54) is 36.4 Å². The van der Waals surface area contributed by atoms with Gasteiger partial charge in [0, 0.05) is 18.2 Å². The minimum atomic E-state index is -0.853. The van der Waals surface area contributed by atoms with Crippen LogP contribution in [0.15, 0.2) is 54.7 Å². The predicted molar refractivity (Wildman–Crippen MR) is 101 cm³/mol. The van der Waals surface area contributed by atoms with Gasteiger partial charge in [0.05, 0.1) is 12.0 Å². The van der Waals surface area contributed by atoms with Gasteiger partial charge in [-0.2, -0.15) is 0 Å². The summed E-state index contributed by atoms with van der Waals surface area (Å²) in [6.45, 7) is 0.0733. The van der Waals surface area contributed by atoms with Crippen LogP contribution in [0.5, 0.6) is 0 Å². The summed E-state index contributed by atoms with van der Waals surface area (Å²) in [6.07, 6.45) is 1.10. The summed E-state index contributed by atoms with van der Waals surface area (Å²) in [5.74, 6) is -1.84. The van der Waals surface area contributed by atoms with E-state index in [0.29, 0.717) is 16.9 Å². The standard InChI is InChI=1S/C20H15F2N3O4/c1-29-20(26)19-15(3-2-4-16(19)21)12-5-6-13(17(22)9-12)10-23-18-8-7-14(11-24-18)25(27)28/h2-9,11H,10H2,1H3,(H,23,24). The van der Waals surface area contributed by atoms with Gasteiger partial charge in [-0.05, 0) is 29.3 Å². The van der Waals surface area contributed by atoms with E-state index in [0.717, 1.165) is 19.4 Å². The van der Waals surface area contributed by atoms with Gasteiger partial charge in [0.2, 0.25) is 0 Å². The molecule has 1 aromatic heterocycles. The summed E-state index contributed by atoms with van der Waals surface area (Å²) in [6, 6.07) is 11.0. The van der Waals surface area contributed by atoms with Gasteiger partial charge in [-0.3, -0.25) is 10.1 Å². The molecule has 0 aliphatic heterocycles. The van der Waals surface area contributed by atoms with E-state index in [1.807, 2.05) is 0 Å². The SMILES string of the molecule is COC(=O)c1c(F)cccc1-c1ccc(CNc2ccc([N+](=O)[O-])cn2)c(F)c1. The van der Waals surface area contributed by atoms with Crippen LogP contribution in [0.2, 0.25) is 0 Å². The van der Waals surface area contributed by atoms with E-state index in [2.05, 4.69) is 15.0 Å². The molecule has 0 aliphatic rings. The van der Waals surface area contributed by atoms with Gasteiger partial charge in [0.1, 0.15) is 29.2 Å². The van der Waals surface area contributed by atoms with Crippen molar-refractivity contribution in [3.63, 3.8) is 0 Å². The fourth-order valence-corrected chi connectivity index (χ4v) is 2.72. The highest BCUT2D eigenvalue weighted by molar-refractivity contribution is 5.97. The summed E-state index contributed by atoms with van der Waals surface area (Å²) >= 11 is 0. The molecule has 0 aliphatic carbocycles. The smallest absolute Gasteiger partial charge is 0.341 e. The zero-order chi connectivity index (χ0) is 21.0. The van der Waals surface area contributed by atoms with Gasteiger partial charge in [-0.1, -0.05) is 24.3 Å². The highest BCUT2D eigenvalue weighted by Crippen LogP contribution is 2.28. The summed E-state index contributed by atoms with van der Waals surface area (Å²) in [5.41, 5.74) is 0.412. The summed E-state index contributed by atoms with van der Waals surface area (Å²) in [4.78, 5) is 25.9. The molecule has 0 amide bonds. The average molecular weight is 399 g/mol. The number of nitrogens with one attached hydrogen (secondary N) is 1. The van der Waals surface area contributed by atoms with Crippen molar-refractivity contribution >= 4 is 17.5 Å². The molecule has 29 heavy (non-hydrogen) atoms. The van der Waals surface area contributed by atoms with Crippen LogP contribution in [0, 0.1) is 21.7 Å².